The summed E-state index contributed by atoms with van der Waals surface area (Å²) in [6.45, 7) is 2.21. The van der Waals surface area contributed by atoms with E-state index in [0.717, 1.165) is 21.8 Å². The maximum absolute atomic E-state index is 11.9. The van der Waals surface area contributed by atoms with Crippen LogP contribution in [0.15, 0.2) is 35.7 Å². The van der Waals surface area contributed by atoms with Crippen LogP contribution in [0.25, 0.3) is 0 Å². The zero-order valence-electron chi connectivity index (χ0n) is 12.8. The molecule has 4 nitrogen and oxygen atoms in total. The standard InChI is InChI=1S/C17H21NO3S/c1-12-9-10-22-17(12)15(19)11-18-16(20)8-5-13-3-6-14(21-2)7-4-13/h3-4,6-7,9-10,15,19H,5,8,11H2,1-2H3,(H,18,20). The molecule has 0 spiro atoms. The number of aliphatic hydroxyl groups is 1. The normalized spacial score (nSPS) is 12.0. The summed E-state index contributed by atoms with van der Waals surface area (Å²) in [7, 11) is 1.63. The van der Waals surface area contributed by atoms with Gasteiger partial charge >= 0.3 is 0 Å². The number of hydrogen-bond donors (Lipinski definition) is 2. The van der Waals surface area contributed by atoms with Gasteiger partial charge in [-0.05, 0) is 48.1 Å². The highest BCUT2D eigenvalue weighted by Crippen LogP contribution is 2.23. The molecule has 1 heterocycles. The highest BCUT2D eigenvalue weighted by atomic mass is 32.1. The molecule has 0 fully saturated rings. The van der Waals surface area contributed by atoms with Gasteiger partial charge in [-0.1, -0.05) is 12.1 Å². The van der Waals surface area contributed by atoms with Crippen LogP contribution in [0.5, 0.6) is 5.75 Å². The highest BCUT2D eigenvalue weighted by Gasteiger charge is 2.13. The maximum Gasteiger partial charge on any atom is 0.220 e. The van der Waals surface area contributed by atoms with Gasteiger partial charge < -0.3 is 15.2 Å². The molecule has 1 aromatic carbocycles. The molecular formula is C17H21NO3S. The summed E-state index contributed by atoms with van der Waals surface area (Å²) >= 11 is 1.51. The monoisotopic (exact) mass is 319 g/mol. The van der Waals surface area contributed by atoms with Gasteiger partial charge in [0, 0.05) is 17.8 Å². The fourth-order valence-electron chi connectivity index (χ4n) is 2.17. The quantitative estimate of drug-likeness (QED) is 0.825. The van der Waals surface area contributed by atoms with Crippen LogP contribution in [-0.2, 0) is 11.2 Å². The van der Waals surface area contributed by atoms with E-state index in [9.17, 15) is 9.90 Å². The molecule has 2 N–H and O–H groups in total. The van der Waals surface area contributed by atoms with Crippen molar-refractivity contribution in [3.63, 3.8) is 0 Å². The Kier molecular flexibility index (Phi) is 5.98. The molecule has 0 bridgehead atoms. The molecule has 5 heteroatoms. The Balaban J connectivity index is 1.74. The number of hydrogen-bond acceptors (Lipinski definition) is 4. The van der Waals surface area contributed by atoms with Crippen molar-refractivity contribution in [1.82, 2.24) is 5.32 Å². The van der Waals surface area contributed by atoms with Crippen LogP contribution in [0.4, 0.5) is 0 Å². The minimum atomic E-state index is -0.634. The van der Waals surface area contributed by atoms with Gasteiger partial charge in [-0.3, -0.25) is 4.79 Å². The molecule has 22 heavy (non-hydrogen) atoms. The molecule has 0 aliphatic rings. The first-order valence-corrected chi connectivity index (χ1v) is 8.10. The van der Waals surface area contributed by atoms with Crippen molar-refractivity contribution in [2.75, 3.05) is 13.7 Å². The summed E-state index contributed by atoms with van der Waals surface area (Å²) in [4.78, 5) is 12.8. The Labute approximate surface area is 134 Å². The number of benzene rings is 1. The molecule has 1 aromatic heterocycles. The largest absolute Gasteiger partial charge is 0.497 e. The van der Waals surface area contributed by atoms with E-state index in [-0.39, 0.29) is 12.5 Å². The summed E-state index contributed by atoms with van der Waals surface area (Å²) in [6.07, 6.45) is 0.441. The predicted octanol–water partition coefficient (Wildman–Crippen LogP) is 2.85. The zero-order chi connectivity index (χ0) is 15.9. The van der Waals surface area contributed by atoms with Gasteiger partial charge in [0.15, 0.2) is 0 Å². The third-order valence-corrected chi connectivity index (χ3v) is 4.62. The zero-order valence-corrected chi connectivity index (χ0v) is 13.7. The van der Waals surface area contributed by atoms with E-state index in [0.29, 0.717) is 12.8 Å². The van der Waals surface area contributed by atoms with Gasteiger partial charge in [-0.2, -0.15) is 0 Å². The Morgan fingerprint density at radius 1 is 1.32 bits per heavy atom. The van der Waals surface area contributed by atoms with Crippen LogP contribution >= 0.6 is 11.3 Å². The Bertz CT molecular complexity index is 607. The molecule has 0 saturated heterocycles. The van der Waals surface area contributed by atoms with Crippen molar-refractivity contribution in [2.45, 2.75) is 25.9 Å². The lowest BCUT2D eigenvalue weighted by Gasteiger charge is -2.11. The lowest BCUT2D eigenvalue weighted by atomic mass is 10.1. The first-order chi connectivity index (χ1) is 10.6. The number of rotatable bonds is 7. The van der Waals surface area contributed by atoms with Crippen molar-refractivity contribution >= 4 is 17.2 Å². The number of aryl methyl sites for hydroxylation is 2. The van der Waals surface area contributed by atoms with Gasteiger partial charge in [0.05, 0.1) is 7.11 Å². The minimum Gasteiger partial charge on any atom is -0.497 e. The number of carbonyl (C=O) groups excluding carboxylic acids is 1. The topological polar surface area (TPSA) is 58.6 Å². The molecule has 118 valence electrons. The van der Waals surface area contributed by atoms with Crippen LogP contribution in [0, 0.1) is 6.92 Å². The Hall–Kier alpha value is -1.85. The van der Waals surface area contributed by atoms with E-state index in [1.54, 1.807) is 7.11 Å². The van der Waals surface area contributed by atoms with Gasteiger partial charge in [0.1, 0.15) is 11.9 Å². The molecular weight excluding hydrogens is 298 g/mol. The first kappa shape index (κ1) is 16.5. The third kappa shape index (κ3) is 4.58. The van der Waals surface area contributed by atoms with Crippen molar-refractivity contribution in [1.29, 1.82) is 0 Å². The fourth-order valence-corrected chi connectivity index (χ4v) is 3.08. The van der Waals surface area contributed by atoms with Crippen molar-refractivity contribution < 1.29 is 14.6 Å². The molecule has 1 atom stereocenters. The van der Waals surface area contributed by atoms with Gasteiger partial charge in [0.2, 0.25) is 5.91 Å². The second kappa shape index (κ2) is 7.96. The van der Waals surface area contributed by atoms with Crippen LogP contribution in [0.2, 0.25) is 0 Å². The predicted molar refractivity (Wildman–Crippen MR) is 88.3 cm³/mol. The minimum absolute atomic E-state index is 0.0518. The maximum atomic E-state index is 11.9. The fraction of sp³-hybridized carbons (Fsp3) is 0.353. The second-order valence-corrected chi connectivity index (χ2v) is 6.08. The number of carbonyl (C=O) groups is 1. The summed E-state index contributed by atoms with van der Waals surface area (Å²) in [5, 5.41) is 14.8. The number of aliphatic hydroxyl groups excluding tert-OH is 1. The molecule has 2 aromatic rings. The van der Waals surface area contributed by atoms with E-state index in [1.807, 2.05) is 42.6 Å². The van der Waals surface area contributed by atoms with Gasteiger partial charge in [-0.15, -0.1) is 11.3 Å². The summed E-state index contributed by atoms with van der Waals surface area (Å²) < 4.78 is 5.10. The summed E-state index contributed by atoms with van der Waals surface area (Å²) in [6, 6.07) is 9.65. The lowest BCUT2D eigenvalue weighted by molar-refractivity contribution is -0.121. The van der Waals surface area contributed by atoms with Crippen molar-refractivity contribution in [3.8, 4) is 5.75 Å². The molecule has 1 unspecified atom stereocenters. The van der Waals surface area contributed by atoms with Crippen LogP contribution in [0.3, 0.4) is 0 Å². The molecule has 0 aliphatic carbocycles. The van der Waals surface area contributed by atoms with E-state index in [1.165, 1.54) is 11.3 Å². The van der Waals surface area contributed by atoms with Gasteiger partial charge in [-0.25, -0.2) is 0 Å². The number of nitrogens with one attached hydrogen (secondary N) is 1. The Morgan fingerprint density at radius 3 is 2.64 bits per heavy atom. The highest BCUT2D eigenvalue weighted by molar-refractivity contribution is 7.10. The average molecular weight is 319 g/mol. The van der Waals surface area contributed by atoms with E-state index >= 15 is 0 Å². The van der Waals surface area contributed by atoms with E-state index in [2.05, 4.69) is 5.32 Å². The molecule has 1 amide bonds. The van der Waals surface area contributed by atoms with Crippen molar-refractivity contribution in [3.05, 3.63) is 51.7 Å². The smallest absolute Gasteiger partial charge is 0.220 e. The number of thiophene rings is 1. The van der Waals surface area contributed by atoms with Gasteiger partial charge in [0.25, 0.3) is 0 Å². The summed E-state index contributed by atoms with van der Waals surface area (Å²) in [5.74, 6) is 0.756. The average Bonchev–Trinajstić information content (AvgIpc) is 2.97. The second-order valence-electron chi connectivity index (χ2n) is 5.14. The number of amides is 1. The number of ether oxygens (including phenoxy) is 1. The van der Waals surface area contributed by atoms with Crippen LogP contribution < -0.4 is 10.1 Å². The first-order valence-electron chi connectivity index (χ1n) is 7.22. The molecule has 0 radical (unpaired) electrons. The molecule has 0 saturated carbocycles. The van der Waals surface area contributed by atoms with E-state index in [4.69, 9.17) is 4.74 Å². The van der Waals surface area contributed by atoms with Crippen LogP contribution in [-0.4, -0.2) is 24.7 Å². The third-order valence-electron chi connectivity index (χ3n) is 3.50. The number of methoxy groups -OCH3 is 1. The summed E-state index contributed by atoms with van der Waals surface area (Å²) in [5.41, 5.74) is 2.15. The van der Waals surface area contributed by atoms with E-state index < -0.39 is 6.10 Å². The van der Waals surface area contributed by atoms with Crippen molar-refractivity contribution in [2.24, 2.45) is 0 Å². The van der Waals surface area contributed by atoms with Crippen LogP contribution in [0.1, 0.15) is 28.5 Å². The lowest BCUT2D eigenvalue weighted by Crippen LogP contribution is -2.28. The molecule has 2 rings (SSSR count). The Morgan fingerprint density at radius 2 is 2.05 bits per heavy atom. The SMILES string of the molecule is COc1ccc(CCC(=O)NCC(O)c2sccc2C)cc1. The molecule has 0 aliphatic heterocycles.